The number of hydrogen-bond acceptors (Lipinski definition) is 3. The average molecular weight is 371 g/mol. The summed E-state index contributed by atoms with van der Waals surface area (Å²) in [4.78, 5) is 12.8. The van der Waals surface area contributed by atoms with Crippen LogP contribution < -0.4 is 4.74 Å². The summed E-state index contributed by atoms with van der Waals surface area (Å²) in [6.07, 6.45) is 2.04. The number of aromatic amines is 1. The van der Waals surface area contributed by atoms with Crippen molar-refractivity contribution in [2.45, 2.75) is 13.8 Å². The van der Waals surface area contributed by atoms with Crippen molar-refractivity contribution >= 4 is 17.4 Å². The van der Waals surface area contributed by atoms with E-state index in [9.17, 15) is 5.11 Å². The summed E-state index contributed by atoms with van der Waals surface area (Å²) in [7, 11) is 1.65. The van der Waals surface area contributed by atoms with Crippen LogP contribution in [0.5, 0.6) is 11.5 Å². The molecule has 0 unspecified atom stereocenters. The molecule has 0 spiro atoms. The first-order chi connectivity index (χ1) is 13.5. The van der Waals surface area contributed by atoms with Crippen molar-refractivity contribution in [2.75, 3.05) is 7.11 Å². The molecule has 5 nitrogen and oxygen atoms in total. The summed E-state index contributed by atoms with van der Waals surface area (Å²) in [5.74, 6) is 2.55. The second-order valence-corrected chi connectivity index (χ2v) is 6.75. The number of rotatable bonds is 4. The lowest BCUT2D eigenvalue weighted by Crippen LogP contribution is -1.95. The monoisotopic (exact) mass is 371 g/mol. The van der Waals surface area contributed by atoms with Crippen molar-refractivity contribution in [3.63, 3.8) is 0 Å². The van der Waals surface area contributed by atoms with E-state index in [1.165, 1.54) is 0 Å². The van der Waals surface area contributed by atoms with Gasteiger partial charge in [0.05, 0.1) is 12.8 Å². The van der Waals surface area contributed by atoms with E-state index in [2.05, 4.69) is 4.98 Å². The lowest BCUT2D eigenvalue weighted by Gasteiger charge is -2.01. The fourth-order valence-corrected chi connectivity index (χ4v) is 3.09. The summed E-state index contributed by atoms with van der Waals surface area (Å²) in [5, 5.41) is 9.47. The molecule has 0 fully saturated rings. The molecule has 0 aliphatic carbocycles. The Hall–Kier alpha value is -3.60. The minimum Gasteiger partial charge on any atom is -0.508 e. The minimum atomic E-state index is 0.250. The van der Waals surface area contributed by atoms with Gasteiger partial charge < -0.3 is 14.8 Å². The molecule has 2 N–H and O–H groups in total. The van der Waals surface area contributed by atoms with Crippen LogP contribution in [0.1, 0.15) is 18.1 Å². The third-order valence-corrected chi connectivity index (χ3v) is 4.70. The standard InChI is InChI=1S/C23H21N3O2/c1-14-12-20(16-4-8-18(27)9-5-16)24-22(14)26-23-15(2)13-21(25-23)17-6-10-19(28-3)11-7-17/h4-13,24,27H,1-3H3/b26-23+. The van der Waals surface area contributed by atoms with Crippen LogP contribution in [0.3, 0.4) is 0 Å². The molecule has 0 radical (unpaired) electrons. The quantitative estimate of drug-likeness (QED) is 0.663. The molecule has 0 bridgehead atoms. The smallest absolute Gasteiger partial charge is 0.157 e. The number of ether oxygens (including phenoxy) is 1. The Labute approximate surface area is 163 Å². The molecular formula is C23H21N3O2. The second kappa shape index (κ2) is 7.19. The predicted molar refractivity (Wildman–Crippen MR) is 113 cm³/mol. The Morgan fingerprint density at radius 3 is 2.32 bits per heavy atom. The number of aryl methyl sites for hydroxylation is 1. The summed E-state index contributed by atoms with van der Waals surface area (Å²) < 4.78 is 5.21. The van der Waals surface area contributed by atoms with Gasteiger partial charge in [-0.15, -0.1) is 0 Å². The number of phenols is 1. The molecule has 1 aliphatic heterocycles. The van der Waals surface area contributed by atoms with E-state index in [1.807, 2.05) is 62.4 Å². The summed E-state index contributed by atoms with van der Waals surface area (Å²) >= 11 is 0. The van der Waals surface area contributed by atoms with E-state index in [0.29, 0.717) is 5.84 Å². The highest BCUT2D eigenvalue weighted by atomic mass is 16.5. The number of nitrogens with zero attached hydrogens (tertiary/aromatic N) is 2. The number of benzene rings is 2. The highest BCUT2D eigenvalue weighted by Crippen LogP contribution is 2.29. The maximum Gasteiger partial charge on any atom is 0.157 e. The molecule has 4 rings (SSSR count). The van der Waals surface area contributed by atoms with E-state index < -0.39 is 0 Å². The number of amidine groups is 1. The maximum absolute atomic E-state index is 9.47. The van der Waals surface area contributed by atoms with Gasteiger partial charge in [0.25, 0.3) is 0 Å². The van der Waals surface area contributed by atoms with Gasteiger partial charge in [0.2, 0.25) is 0 Å². The number of hydrogen-bond donors (Lipinski definition) is 2. The summed E-state index contributed by atoms with van der Waals surface area (Å²) in [5.41, 5.74) is 5.92. The highest BCUT2D eigenvalue weighted by molar-refractivity contribution is 6.24. The van der Waals surface area contributed by atoms with E-state index in [1.54, 1.807) is 19.2 Å². The van der Waals surface area contributed by atoms with E-state index in [0.717, 1.165) is 45.2 Å². The van der Waals surface area contributed by atoms with Crippen LogP contribution in [0.2, 0.25) is 0 Å². The van der Waals surface area contributed by atoms with Crippen molar-refractivity contribution in [3.8, 4) is 22.8 Å². The third kappa shape index (κ3) is 3.47. The first-order valence-electron chi connectivity index (χ1n) is 9.03. The van der Waals surface area contributed by atoms with Gasteiger partial charge in [-0.3, -0.25) is 0 Å². The second-order valence-electron chi connectivity index (χ2n) is 6.75. The van der Waals surface area contributed by atoms with Gasteiger partial charge in [0.15, 0.2) is 5.84 Å². The SMILES string of the molecule is COc1ccc(C2=N/C(=N/c3[nH]c(-c4ccc(O)cc4)cc3C)C(C)=C2)cc1. The molecule has 0 atom stereocenters. The number of nitrogens with one attached hydrogen (secondary N) is 1. The highest BCUT2D eigenvalue weighted by Gasteiger charge is 2.15. The van der Waals surface area contributed by atoms with Crippen LogP contribution in [-0.4, -0.2) is 28.7 Å². The van der Waals surface area contributed by atoms with Crippen LogP contribution in [0.4, 0.5) is 5.82 Å². The molecule has 1 aliphatic rings. The molecular weight excluding hydrogens is 350 g/mol. The van der Waals surface area contributed by atoms with Crippen LogP contribution >= 0.6 is 0 Å². The van der Waals surface area contributed by atoms with Gasteiger partial charge >= 0.3 is 0 Å². The molecule has 2 heterocycles. The normalized spacial score (nSPS) is 14.9. The number of methoxy groups -OCH3 is 1. The molecule has 0 amide bonds. The molecule has 0 saturated heterocycles. The fraction of sp³-hybridized carbons (Fsp3) is 0.130. The number of phenolic OH excluding ortho intramolecular Hbond substituents is 1. The van der Waals surface area contributed by atoms with Gasteiger partial charge in [0, 0.05) is 11.3 Å². The summed E-state index contributed by atoms with van der Waals surface area (Å²) in [6, 6.07) is 17.0. The number of aromatic nitrogens is 1. The van der Waals surface area contributed by atoms with Gasteiger partial charge in [0.1, 0.15) is 17.3 Å². The van der Waals surface area contributed by atoms with E-state index in [-0.39, 0.29) is 5.75 Å². The summed E-state index contributed by atoms with van der Waals surface area (Å²) in [6.45, 7) is 4.03. The van der Waals surface area contributed by atoms with Crippen molar-refractivity contribution in [1.82, 2.24) is 4.98 Å². The Bertz CT molecular complexity index is 1100. The van der Waals surface area contributed by atoms with Gasteiger partial charge in [-0.1, -0.05) is 0 Å². The zero-order chi connectivity index (χ0) is 19.7. The first kappa shape index (κ1) is 17.8. The van der Waals surface area contributed by atoms with Gasteiger partial charge in [-0.05, 0) is 91.2 Å². The maximum atomic E-state index is 9.47. The van der Waals surface area contributed by atoms with Crippen molar-refractivity contribution in [3.05, 3.63) is 77.4 Å². The van der Waals surface area contributed by atoms with Crippen LogP contribution in [0.25, 0.3) is 11.3 Å². The Morgan fingerprint density at radius 2 is 1.64 bits per heavy atom. The number of H-pyrrole nitrogens is 1. The van der Waals surface area contributed by atoms with Crippen LogP contribution in [-0.2, 0) is 0 Å². The number of allylic oxidation sites excluding steroid dienone is 1. The van der Waals surface area contributed by atoms with Crippen molar-refractivity contribution in [2.24, 2.45) is 9.98 Å². The topological polar surface area (TPSA) is 70.0 Å². The largest absolute Gasteiger partial charge is 0.508 e. The molecule has 140 valence electrons. The Balaban J connectivity index is 1.64. The van der Waals surface area contributed by atoms with Gasteiger partial charge in [-0.25, -0.2) is 9.98 Å². The lowest BCUT2D eigenvalue weighted by molar-refractivity contribution is 0.415. The van der Waals surface area contributed by atoms with Crippen molar-refractivity contribution in [1.29, 1.82) is 0 Å². The Kier molecular flexibility index (Phi) is 4.57. The van der Waals surface area contributed by atoms with Crippen LogP contribution in [0, 0.1) is 6.92 Å². The average Bonchev–Trinajstić information content (AvgIpc) is 3.25. The first-order valence-corrected chi connectivity index (χ1v) is 9.03. The molecule has 1 aromatic heterocycles. The van der Waals surface area contributed by atoms with Crippen LogP contribution in [0.15, 0.2) is 76.2 Å². The number of aromatic hydroxyl groups is 1. The molecule has 28 heavy (non-hydrogen) atoms. The molecule has 3 aromatic rings. The van der Waals surface area contributed by atoms with E-state index >= 15 is 0 Å². The van der Waals surface area contributed by atoms with Gasteiger partial charge in [-0.2, -0.15) is 0 Å². The third-order valence-electron chi connectivity index (χ3n) is 4.70. The van der Waals surface area contributed by atoms with Crippen molar-refractivity contribution < 1.29 is 9.84 Å². The fourth-order valence-electron chi connectivity index (χ4n) is 3.09. The molecule has 2 aromatic carbocycles. The molecule has 5 heteroatoms. The minimum absolute atomic E-state index is 0.250. The zero-order valence-corrected chi connectivity index (χ0v) is 16.0. The van der Waals surface area contributed by atoms with E-state index in [4.69, 9.17) is 14.7 Å². The number of aliphatic imine (C=N–C) groups is 2. The predicted octanol–water partition coefficient (Wildman–Crippen LogP) is 5.18. The Morgan fingerprint density at radius 1 is 0.964 bits per heavy atom. The zero-order valence-electron chi connectivity index (χ0n) is 16.0. The lowest BCUT2D eigenvalue weighted by atomic mass is 10.1. The molecule has 0 saturated carbocycles.